The number of benzene rings is 9. The molecule has 0 atom stereocenters. The molecule has 11 aromatic rings. The van der Waals surface area contributed by atoms with Gasteiger partial charge in [-0.05, 0) is 215 Å². The van der Waals surface area contributed by atoms with Crippen molar-refractivity contribution in [1.29, 1.82) is 0 Å². The summed E-state index contributed by atoms with van der Waals surface area (Å²) in [4.78, 5) is 6.78. The lowest BCUT2D eigenvalue weighted by atomic mass is 9.68. The zero-order valence-electron chi connectivity index (χ0n) is 64.2. The molecule has 4 aliphatic rings. The molecule has 2 heterocycles. The monoisotopic (exact) mass is 1360 g/mol. The lowest BCUT2D eigenvalue weighted by molar-refractivity contribution is 0.394. The Bertz CT molecular complexity index is 4970. The van der Waals surface area contributed by atoms with Crippen LogP contribution < -0.4 is 15.5 Å². The van der Waals surface area contributed by atoms with E-state index in [4.69, 9.17) is 4.42 Å². The number of aromatic amines is 1. The van der Waals surface area contributed by atoms with Gasteiger partial charge in [0, 0.05) is 59.9 Å². The summed E-state index contributed by atoms with van der Waals surface area (Å²) >= 11 is 0. The van der Waals surface area contributed by atoms with Gasteiger partial charge in [0.05, 0.1) is 11.2 Å². The van der Waals surface area contributed by atoms with Crippen LogP contribution in [0.5, 0.6) is 0 Å². The molecule has 0 aliphatic heterocycles. The lowest BCUT2D eigenvalue weighted by Crippen LogP contribution is -2.27. The first kappa shape index (κ1) is 70.5. The second-order valence-electron chi connectivity index (χ2n) is 32.8. The Labute approximate surface area is 617 Å². The third kappa shape index (κ3) is 13.0. The molecule has 0 radical (unpaired) electrons. The number of anilines is 3. The van der Waals surface area contributed by atoms with Crippen LogP contribution in [0.1, 0.15) is 284 Å². The maximum atomic E-state index is 6.95. The van der Waals surface area contributed by atoms with E-state index in [0.717, 1.165) is 36.8 Å². The van der Waals surface area contributed by atoms with Crippen molar-refractivity contribution in [2.24, 2.45) is 0 Å². The summed E-state index contributed by atoms with van der Waals surface area (Å²) < 4.78 is 6.95. The third-order valence-corrected chi connectivity index (χ3v) is 25.4. The number of nitrogens with zero attached hydrogens (tertiary/aromatic N) is 1. The summed E-state index contributed by atoms with van der Waals surface area (Å²) in [7, 11) is 0. The van der Waals surface area contributed by atoms with E-state index in [0.29, 0.717) is 0 Å². The zero-order valence-corrected chi connectivity index (χ0v) is 64.2. The Kier molecular flexibility index (Phi) is 20.9. The van der Waals surface area contributed by atoms with Crippen LogP contribution in [0.2, 0.25) is 0 Å². The number of hydrogen-bond donors (Lipinski definition) is 1. The maximum Gasteiger partial charge on any atom is 0.136 e. The number of hydrogen-bond acceptors (Lipinski definition) is 2. The Morgan fingerprint density at radius 2 is 0.883 bits per heavy atom. The third-order valence-electron chi connectivity index (χ3n) is 25.4. The van der Waals surface area contributed by atoms with Crippen LogP contribution in [0.15, 0.2) is 162 Å². The number of para-hydroxylation sites is 1. The predicted octanol–water partition coefficient (Wildman–Crippen LogP) is 29.0. The number of rotatable bonds is 33. The first-order valence-corrected chi connectivity index (χ1v) is 41.3. The minimum Gasteiger partial charge on any atom is -0.456 e. The molecular weight excluding hydrogens is 1250 g/mol. The molecule has 4 aliphatic carbocycles. The minimum atomic E-state index is -0.304. The highest BCUT2D eigenvalue weighted by Crippen LogP contribution is 2.64. The molecular formula is C100H116N2O. The highest BCUT2D eigenvalue weighted by atomic mass is 16.3. The van der Waals surface area contributed by atoms with Gasteiger partial charge in [0.25, 0.3) is 0 Å². The first-order chi connectivity index (χ1) is 50.4. The van der Waals surface area contributed by atoms with Crippen LogP contribution in [0.4, 0.5) is 17.1 Å². The molecule has 3 heteroatoms. The number of fused-ring (bicyclic) bond motifs is 17. The zero-order chi connectivity index (χ0) is 70.8. The average Bonchev–Trinajstić information content (AvgIpc) is 1.53. The van der Waals surface area contributed by atoms with Crippen molar-refractivity contribution in [3.63, 3.8) is 0 Å². The second kappa shape index (κ2) is 30.5. The molecule has 0 fully saturated rings. The highest BCUT2D eigenvalue weighted by Gasteiger charge is 2.49. The number of aryl methyl sites for hydroxylation is 3. The van der Waals surface area contributed by atoms with Gasteiger partial charge in [-0.3, -0.25) is 0 Å². The van der Waals surface area contributed by atoms with Crippen LogP contribution in [0.3, 0.4) is 0 Å². The molecule has 9 aromatic carbocycles. The lowest BCUT2D eigenvalue weighted by Gasteiger charge is -2.35. The van der Waals surface area contributed by atoms with Crippen molar-refractivity contribution in [3.8, 4) is 55.6 Å². The fraction of sp³-hybridized carbons (Fsp3) is 0.420. The standard InChI is InChI=1S/C100H116N2O/c1-10-14-18-22-26-37-56-99(57-38-27-23-19-15-11-2)83-54-55-91-94(79-47-34-36-49-90(79)103-91)93(83)82-67-86-81(66-87(82)99)76-52-50-75(64-85(76)100(86,58-39-28-24-20-16-12-3)59-40-29-25-21-17-13-4)102(97-69(6)60-68(5)61-70(97)7)74-51-53-77-84(63-74)98(8,9)88-65-80(73-45-41-44-72(62-73)71-42-31-30-32-43-71)96-95(92(77)88)78-46-33-35-48-89(78)101-96/h30-32,34,36,41-55,60-67,101H,10-29,33,35,37-40,56-59H2,1-9H3. The van der Waals surface area contributed by atoms with Gasteiger partial charge in [-0.25, -0.2) is 0 Å². The van der Waals surface area contributed by atoms with Gasteiger partial charge >= 0.3 is 0 Å². The van der Waals surface area contributed by atoms with Crippen molar-refractivity contribution < 1.29 is 4.42 Å². The van der Waals surface area contributed by atoms with Gasteiger partial charge < -0.3 is 14.3 Å². The summed E-state index contributed by atoms with van der Waals surface area (Å²) in [6.45, 7) is 21.5. The molecule has 0 unspecified atom stereocenters. The topological polar surface area (TPSA) is 32.2 Å². The minimum absolute atomic E-state index is 0.0953. The summed E-state index contributed by atoms with van der Waals surface area (Å²) in [6, 6.07) is 62.9. The first-order valence-electron chi connectivity index (χ1n) is 41.3. The molecule has 103 heavy (non-hydrogen) atoms. The fourth-order valence-electron chi connectivity index (χ4n) is 20.3. The van der Waals surface area contributed by atoms with E-state index < -0.39 is 0 Å². The Morgan fingerprint density at radius 1 is 0.379 bits per heavy atom. The van der Waals surface area contributed by atoms with E-state index in [-0.39, 0.29) is 16.2 Å². The summed E-state index contributed by atoms with van der Waals surface area (Å²) in [5.74, 6) is 0. The van der Waals surface area contributed by atoms with Crippen molar-refractivity contribution in [2.45, 2.75) is 271 Å². The van der Waals surface area contributed by atoms with E-state index in [1.54, 1.807) is 22.3 Å². The predicted molar refractivity (Wildman–Crippen MR) is 445 cm³/mol. The number of H-pyrrole nitrogens is 1. The van der Waals surface area contributed by atoms with Crippen molar-refractivity contribution >= 4 is 62.1 Å². The molecule has 15 rings (SSSR count). The molecule has 1 N–H and O–H groups in total. The smallest absolute Gasteiger partial charge is 0.136 e. The van der Waals surface area contributed by atoms with Gasteiger partial charge in [0.2, 0.25) is 0 Å². The number of furan rings is 1. The average molecular weight is 1360 g/mol. The van der Waals surface area contributed by atoms with Gasteiger partial charge in [-0.15, -0.1) is 0 Å². The quantitative estimate of drug-likeness (QED) is 0.0416. The van der Waals surface area contributed by atoms with Gasteiger partial charge in [-0.2, -0.15) is 0 Å². The van der Waals surface area contributed by atoms with Crippen molar-refractivity contribution in [3.05, 3.63) is 218 Å². The number of unbranched alkanes of at least 4 members (excludes halogenated alkanes) is 20. The van der Waals surface area contributed by atoms with Gasteiger partial charge in [-0.1, -0.05) is 310 Å². The number of nitrogens with one attached hydrogen (secondary N) is 1. The van der Waals surface area contributed by atoms with Crippen molar-refractivity contribution in [1.82, 2.24) is 4.98 Å². The summed E-state index contributed by atoms with van der Waals surface area (Å²) in [5.41, 5.74) is 33.3. The van der Waals surface area contributed by atoms with Crippen molar-refractivity contribution in [2.75, 3.05) is 4.90 Å². The Balaban J connectivity index is 0.930. The molecule has 0 amide bonds. The van der Waals surface area contributed by atoms with E-state index in [1.807, 2.05) is 0 Å². The van der Waals surface area contributed by atoms with Crippen LogP contribution in [0.25, 0.3) is 101 Å². The molecule has 0 saturated carbocycles. The normalized spacial score (nSPS) is 14.7. The Hall–Kier alpha value is -8.14. The number of aromatic nitrogens is 1. The van der Waals surface area contributed by atoms with Gasteiger partial charge in [0.15, 0.2) is 0 Å². The van der Waals surface area contributed by atoms with Crippen LogP contribution >= 0.6 is 0 Å². The van der Waals surface area contributed by atoms with E-state index in [1.165, 1.54) is 300 Å². The fourth-order valence-corrected chi connectivity index (χ4v) is 20.3. The highest BCUT2D eigenvalue weighted by molar-refractivity contribution is 6.16. The maximum absolute atomic E-state index is 6.95. The van der Waals surface area contributed by atoms with Crippen LogP contribution in [-0.4, -0.2) is 4.98 Å². The largest absolute Gasteiger partial charge is 0.456 e. The van der Waals surface area contributed by atoms with E-state index >= 15 is 0 Å². The summed E-state index contributed by atoms with van der Waals surface area (Å²) in [6.07, 6.45) is 42.8. The van der Waals surface area contributed by atoms with Crippen LogP contribution in [0, 0.1) is 20.8 Å². The molecule has 2 aromatic heterocycles. The summed E-state index contributed by atoms with van der Waals surface area (Å²) in [5, 5.41) is 6.59. The molecule has 0 bridgehead atoms. The second-order valence-corrected chi connectivity index (χ2v) is 32.8. The van der Waals surface area contributed by atoms with Crippen LogP contribution in [-0.2, 0) is 16.2 Å². The molecule has 532 valence electrons. The Morgan fingerprint density at radius 3 is 1.52 bits per heavy atom. The van der Waals surface area contributed by atoms with Gasteiger partial charge in [0.1, 0.15) is 11.2 Å². The molecule has 0 spiro atoms. The van der Waals surface area contributed by atoms with E-state index in [9.17, 15) is 0 Å². The van der Waals surface area contributed by atoms with E-state index in [2.05, 4.69) is 242 Å². The molecule has 3 nitrogen and oxygen atoms in total. The SMILES string of the molecule is CCCCCCCCC1(CCCCCCCC)c2cc(N(c3ccc4c(c3)C(C)(C)c3cc(-c5cccc(-c6ccccc6)c5)c5[nH]c6c(c5c3-4)=CCCC=6)c3c(C)cc(C)cc3C)ccc2-c2cc3c(cc21)-c1c(ccc2oc4ccccc4c12)C3(CCCCCCCC)CCCCCCCC. The molecule has 0 saturated heterocycles.